The van der Waals surface area contributed by atoms with Crippen molar-refractivity contribution < 1.29 is 14.7 Å². The molecule has 12 heavy (non-hydrogen) atoms. The van der Waals surface area contributed by atoms with E-state index < -0.39 is 5.97 Å². The van der Waals surface area contributed by atoms with E-state index in [0.29, 0.717) is 11.2 Å². The molecule has 0 unspecified atom stereocenters. The number of thiophene rings is 1. The molecule has 4 heteroatoms. The number of carboxylic acid groups (broad SMARTS) is 1. The van der Waals surface area contributed by atoms with E-state index >= 15 is 0 Å². The van der Waals surface area contributed by atoms with Crippen molar-refractivity contribution in [2.45, 2.75) is 13.3 Å². The van der Waals surface area contributed by atoms with E-state index in [-0.39, 0.29) is 5.56 Å². The maximum Gasteiger partial charge on any atom is 0.337 e. The van der Waals surface area contributed by atoms with Gasteiger partial charge in [0.05, 0.1) is 10.4 Å². The number of hydrogen-bond acceptors (Lipinski definition) is 3. The molecule has 0 aliphatic heterocycles. The first kappa shape index (κ1) is 8.93. The molecule has 0 bridgehead atoms. The molecule has 0 saturated heterocycles. The van der Waals surface area contributed by atoms with Gasteiger partial charge in [-0.25, -0.2) is 4.79 Å². The van der Waals surface area contributed by atoms with Crippen molar-refractivity contribution >= 4 is 23.6 Å². The predicted octanol–water partition coefficient (Wildman–Crippen LogP) is 1.82. The Morgan fingerprint density at radius 1 is 1.75 bits per heavy atom. The Balaban J connectivity index is 3.16. The van der Waals surface area contributed by atoms with Crippen LogP contribution < -0.4 is 0 Å². The second kappa shape index (κ2) is 3.49. The molecule has 0 aliphatic rings. The minimum atomic E-state index is -1.03. The van der Waals surface area contributed by atoms with Gasteiger partial charge in [0, 0.05) is 4.88 Å². The molecule has 0 aliphatic carbocycles. The number of hydrogen-bond donors (Lipinski definition) is 1. The number of rotatable bonds is 3. The molecule has 0 saturated carbocycles. The highest BCUT2D eigenvalue weighted by Gasteiger charge is 2.13. The average Bonchev–Trinajstić information content (AvgIpc) is 2.47. The summed E-state index contributed by atoms with van der Waals surface area (Å²) in [7, 11) is 0. The highest BCUT2D eigenvalue weighted by atomic mass is 32.1. The minimum Gasteiger partial charge on any atom is -0.478 e. The second-order valence-corrected chi connectivity index (χ2v) is 3.44. The van der Waals surface area contributed by atoms with Crippen molar-refractivity contribution in [3.63, 3.8) is 0 Å². The summed E-state index contributed by atoms with van der Waals surface area (Å²) in [5, 5.41) is 8.65. The highest BCUT2D eigenvalue weighted by molar-refractivity contribution is 7.14. The molecule has 64 valence electrons. The summed E-state index contributed by atoms with van der Waals surface area (Å²) in [5.41, 5.74) is 0.117. The van der Waals surface area contributed by atoms with Crippen LogP contribution in [0.3, 0.4) is 0 Å². The Hall–Kier alpha value is -1.16. The number of carbonyl (C=O) groups excluding carboxylic acids is 1. The number of carboxylic acids is 1. The quantitative estimate of drug-likeness (QED) is 0.729. The van der Waals surface area contributed by atoms with Gasteiger partial charge in [0.15, 0.2) is 6.29 Å². The minimum absolute atomic E-state index is 0.117. The molecule has 0 spiro atoms. The van der Waals surface area contributed by atoms with Crippen LogP contribution in [-0.2, 0) is 6.42 Å². The molecule has 1 aromatic rings. The van der Waals surface area contributed by atoms with Gasteiger partial charge < -0.3 is 5.11 Å². The molecule has 1 aromatic heterocycles. The molecule has 1 heterocycles. The third kappa shape index (κ3) is 1.53. The van der Waals surface area contributed by atoms with E-state index in [9.17, 15) is 9.59 Å². The summed E-state index contributed by atoms with van der Waals surface area (Å²) in [6.45, 7) is 1.92. The maximum atomic E-state index is 10.6. The summed E-state index contributed by atoms with van der Waals surface area (Å²) in [6, 6.07) is 1.55. The van der Waals surface area contributed by atoms with Crippen molar-refractivity contribution in [3.05, 3.63) is 21.4 Å². The second-order valence-electron chi connectivity index (χ2n) is 2.27. The number of aldehydes is 1. The van der Waals surface area contributed by atoms with Crippen LogP contribution in [0.4, 0.5) is 0 Å². The van der Waals surface area contributed by atoms with Crippen LogP contribution in [0.5, 0.6) is 0 Å². The van der Waals surface area contributed by atoms with Crippen LogP contribution in [0.2, 0.25) is 0 Å². The molecular weight excluding hydrogens is 176 g/mol. The van der Waals surface area contributed by atoms with Crippen molar-refractivity contribution in [2.24, 2.45) is 0 Å². The van der Waals surface area contributed by atoms with Gasteiger partial charge >= 0.3 is 5.97 Å². The van der Waals surface area contributed by atoms with Gasteiger partial charge in [0.25, 0.3) is 0 Å². The summed E-state index contributed by atoms with van der Waals surface area (Å²) in [4.78, 5) is 22.2. The Kier molecular flexibility index (Phi) is 2.60. The van der Waals surface area contributed by atoms with E-state index in [1.807, 2.05) is 6.92 Å². The zero-order valence-electron chi connectivity index (χ0n) is 6.53. The van der Waals surface area contributed by atoms with Crippen LogP contribution in [0, 0.1) is 0 Å². The fourth-order valence-corrected chi connectivity index (χ4v) is 1.79. The molecule has 0 radical (unpaired) electrons. The Morgan fingerprint density at radius 2 is 2.42 bits per heavy atom. The molecule has 0 atom stereocenters. The monoisotopic (exact) mass is 184 g/mol. The van der Waals surface area contributed by atoms with Crippen LogP contribution in [0.15, 0.2) is 6.07 Å². The third-order valence-corrected chi connectivity index (χ3v) is 2.70. The van der Waals surface area contributed by atoms with Crippen molar-refractivity contribution in [2.75, 3.05) is 0 Å². The largest absolute Gasteiger partial charge is 0.478 e. The zero-order valence-corrected chi connectivity index (χ0v) is 7.35. The first-order chi connectivity index (χ1) is 5.69. The molecular formula is C8H8O3S. The Labute approximate surface area is 73.6 Å². The lowest BCUT2D eigenvalue weighted by molar-refractivity contribution is 0.0695. The van der Waals surface area contributed by atoms with Gasteiger partial charge in [-0.15, -0.1) is 11.3 Å². The lowest BCUT2D eigenvalue weighted by Gasteiger charge is -1.85. The Morgan fingerprint density at radius 3 is 2.75 bits per heavy atom. The normalized spacial score (nSPS) is 9.75. The summed E-state index contributed by atoms with van der Waals surface area (Å²) in [5.74, 6) is -1.03. The van der Waals surface area contributed by atoms with Crippen molar-refractivity contribution in [3.8, 4) is 0 Å². The van der Waals surface area contributed by atoms with Gasteiger partial charge in [-0.2, -0.15) is 0 Å². The van der Waals surface area contributed by atoms with Gasteiger partial charge in [0.1, 0.15) is 0 Å². The van der Waals surface area contributed by atoms with Crippen molar-refractivity contribution in [1.82, 2.24) is 0 Å². The first-order valence-electron chi connectivity index (χ1n) is 3.50. The fourth-order valence-electron chi connectivity index (χ4n) is 0.887. The molecule has 3 nitrogen and oxygen atoms in total. The topological polar surface area (TPSA) is 54.4 Å². The number of aromatic carboxylic acids is 1. The molecule has 0 aromatic carbocycles. The van der Waals surface area contributed by atoms with E-state index in [1.54, 1.807) is 6.07 Å². The van der Waals surface area contributed by atoms with Crippen molar-refractivity contribution in [1.29, 1.82) is 0 Å². The van der Waals surface area contributed by atoms with Crippen LogP contribution in [-0.4, -0.2) is 17.4 Å². The summed E-state index contributed by atoms with van der Waals surface area (Å²) in [6.07, 6.45) is 1.35. The number of aryl methyl sites for hydroxylation is 1. The van der Waals surface area contributed by atoms with Crippen LogP contribution in [0.1, 0.15) is 31.8 Å². The van der Waals surface area contributed by atoms with E-state index in [1.165, 1.54) is 11.3 Å². The first-order valence-corrected chi connectivity index (χ1v) is 4.31. The van der Waals surface area contributed by atoms with Gasteiger partial charge in [-0.05, 0) is 12.5 Å². The van der Waals surface area contributed by atoms with Gasteiger partial charge in [-0.1, -0.05) is 6.92 Å². The molecule has 1 rings (SSSR count). The van der Waals surface area contributed by atoms with Gasteiger partial charge in [0.2, 0.25) is 0 Å². The zero-order chi connectivity index (χ0) is 9.14. The summed E-state index contributed by atoms with van der Waals surface area (Å²) < 4.78 is 0. The summed E-state index contributed by atoms with van der Waals surface area (Å²) >= 11 is 1.24. The van der Waals surface area contributed by atoms with E-state index in [2.05, 4.69) is 0 Å². The standard InChI is InChI=1S/C8H8O3S/c1-2-5-3-6(8(10)11)7(4-9)12-5/h3-4H,2H2,1H3,(H,10,11). The maximum absolute atomic E-state index is 10.6. The van der Waals surface area contributed by atoms with E-state index in [0.717, 1.165) is 11.3 Å². The smallest absolute Gasteiger partial charge is 0.337 e. The Bertz CT molecular complexity index is 314. The predicted molar refractivity (Wildman–Crippen MR) is 46.0 cm³/mol. The molecule has 0 fully saturated rings. The van der Waals surface area contributed by atoms with Crippen LogP contribution >= 0.6 is 11.3 Å². The fraction of sp³-hybridized carbons (Fsp3) is 0.250. The number of carbonyl (C=O) groups is 2. The lowest BCUT2D eigenvalue weighted by Crippen LogP contribution is -1.96. The van der Waals surface area contributed by atoms with Gasteiger partial charge in [-0.3, -0.25) is 4.79 Å². The third-order valence-electron chi connectivity index (χ3n) is 1.50. The molecule has 0 amide bonds. The molecule has 1 N–H and O–H groups in total. The SMILES string of the molecule is CCc1cc(C(=O)O)c(C=O)s1. The lowest BCUT2D eigenvalue weighted by atomic mass is 10.2. The average molecular weight is 184 g/mol. The van der Waals surface area contributed by atoms with E-state index in [4.69, 9.17) is 5.11 Å². The van der Waals surface area contributed by atoms with Crippen LogP contribution in [0.25, 0.3) is 0 Å². The highest BCUT2D eigenvalue weighted by Crippen LogP contribution is 2.21.